The molecule has 2 aromatic carbocycles. The number of aryl methyl sites for hydroxylation is 1. The molecule has 0 radical (unpaired) electrons. The van der Waals surface area contributed by atoms with E-state index in [2.05, 4.69) is 10.3 Å². The van der Waals surface area contributed by atoms with Gasteiger partial charge in [-0.3, -0.25) is 14.6 Å². The topological polar surface area (TPSA) is 86.1 Å². The van der Waals surface area contributed by atoms with E-state index in [1.165, 1.54) is 12.3 Å². The van der Waals surface area contributed by atoms with Crippen molar-refractivity contribution in [1.82, 2.24) is 4.98 Å². The van der Waals surface area contributed by atoms with Crippen LogP contribution in [0.25, 0.3) is 0 Å². The van der Waals surface area contributed by atoms with Crippen LogP contribution in [0.5, 0.6) is 0 Å². The van der Waals surface area contributed by atoms with Crippen LogP contribution in [0.15, 0.2) is 66.9 Å². The van der Waals surface area contributed by atoms with E-state index in [-0.39, 0.29) is 17.5 Å². The summed E-state index contributed by atoms with van der Waals surface area (Å²) in [5.74, 6) is -0.658. The summed E-state index contributed by atoms with van der Waals surface area (Å²) in [6.45, 7) is 4.33. The van der Waals surface area contributed by atoms with Crippen molar-refractivity contribution in [2.75, 3.05) is 16.8 Å². The number of nitrogens with zero attached hydrogens (tertiary/aromatic N) is 3. The summed E-state index contributed by atoms with van der Waals surface area (Å²) < 4.78 is 0. The first-order valence-electron chi connectivity index (χ1n) is 9.18. The summed E-state index contributed by atoms with van der Waals surface area (Å²) in [4.78, 5) is 31.4. The normalized spacial score (nSPS) is 10.1. The van der Waals surface area contributed by atoms with Crippen LogP contribution < -0.4 is 10.2 Å². The number of anilines is 2. The number of hydrogen-bond donors (Lipinski definition) is 1. The zero-order valence-corrected chi connectivity index (χ0v) is 16.2. The van der Waals surface area contributed by atoms with Crippen LogP contribution in [0.2, 0.25) is 0 Å². The van der Waals surface area contributed by atoms with Gasteiger partial charge in [0.25, 0.3) is 11.8 Å². The minimum absolute atomic E-state index is 0.187. The molecule has 1 aromatic heterocycles. The number of hydrogen-bond acceptors (Lipinski definition) is 4. The molecule has 3 aromatic rings. The molecular weight excluding hydrogens is 364 g/mol. The minimum Gasteiger partial charge on any atom is -0.322 e. The van der Waals surface area contributed by atoms with E-state index in [0.717, 1.165) is 11.3 Å². The Morgan fingerprint density at radius 1 is 1.10 bits per heavy atom. The van der Waals surface area contributed by atoms with Crippen LogP contribution in [-0.2, 0) is 0 Å². The summed E-state index contributed by atoms with van der Waals surface area (Å²) in [6, 6.07) is 19.3. The van der Waals surface area contributed by atoms with E-state index >= 15 is 0 Å². The molecule has 2 amide bonds. The van der Waals surface area contributed by atoms with Gasteiger partial charge in [0.2, 0.25) is 0 Å². The van der Waals surface area contributed by atoms with Gasteiger partial charge in [-0.1, -0.05) is 18.2 Å². The Balaban J connectivity index is 1.83. The number of carbonyl (C=O) groups excluding carboxylic acids is 2. The second kappa shape index (κ2) is 8.81. The van der Waals surface area contributed by atoms with Crippen molar-refractivity contribution in [1.29, 1.82) is 5.26 Å². The molecule has 0 unspecified atom stereocenters. The highest BCUT2D eigenvalue weighted by molar-refractivity contribution is 6.08. The molecule has 0 aliphatic heterocycles. The molecule has 0 saturated heterocycles. The van der Waals surface area contributed by atoms with Crippen LogP contribution in [0, 0.1) is 18.3 Å². The maximum atomic E-state index is 13.0. The number of benzene rings is 2. The highest BCUT2D eigenvalue weighted by atomic mass is 16.2. The zero-order valence-electron chi connectivity index (χ0n) is 16.2. The number of rotatable bonds is 5. The number of aromatic nitrogens is 1. The number of nitriles is 1. The molecular formula is C23H20N4O2. The van der Waals surface area contributed by atoms with Crippen LogP contribution in [0.4, 0.5) is 11.4 Å². The van der Waals surface area contributed by atoms with Gasteiger partial charge in [0, 0.05) is 29.7 Å². The van der Waals surface area contributed by atoms with Gasteiger partial charge in [0.15, 0.2) is 0 Å². The maximum absolute atomic E-state index is 13.0. The van der Waals surface area contributed by atoms with Crippen LogP contribution in [0.1, 0.15) is 38.9 Å². The van der Waals surface area contributed by atoms with Crippen molar-refractivity contribution >= 4 is 23.2 Å². The van der Waals surface area contributed by atoms with Gasteiger partial charge in [0.05, 0.1) is 11.6 Å². The smallest absolute Gasteiger partial charge is 0.276 e. The first-order valence-corrected chi connectivity index (χ1v) is 9.18. The van der Waals surface area contributed by atoms with Gasteiger partial charge < -0.3 is 10.2 Å². The van der Waals surface area contributed by atoms with Crippen LogP contribution in [0.3, 0.4) is 0 Å². The third kappa shape index (κ3) is 4.66. The second-order valence-corrected chi connectivity index (χ2v) is 6.46. The lowest BCUT2D eigenvalue weighted by molar-refractivity contribution is 0.0983. The molecule has 1 N–H and O–H groups in total. The standard InChI is InChI=1S/C23H20N4O2/c1-3-27(20-9-4-6-16(2)12-20)23(29)21-14-18(10-11-25-21)22(28)26-19-8-5-7-17(13-19)15-24/h4-14H,3H2,1-2H3,(H,26,28). The molecule has 6 nitrogen and oxygen atoms in total. The summed E-state index contributed by atoms with van der Waals surface area (Å²) in [7, 11) is 0. The molecule has 3 rings (SSSR count). The van der Waals surface area contributed by atoms with Gasteiger partial charge >= 0.3 is 0 Å². The third-order valence-electron chi connectivity index (χ3n) is 4.37. The molecule has 0 aliphatic carbocycles. The highest BCUT2D eigenvalue weighted by Gasteiger charge is 2.19. The molecule has 0 saturated carbocycles. The van der Waals surface area contributed by atoms with Crippen molar-refractivity contribution < 1.29 is 9.59 Å². The molecule has 6 heteroatoms. The third-order valence-corrected chi connectivity index (χ3v) is 4.37. The Kier molecular flexibility index (Phi) is 6.00. The van der Waals surface area contributed by atoms with E-state index in [9.17, 15) is 9.59 Å². The largest absolute Gasteiger partial charge is 0.322 e. The van der Waals surface area contributed by atoms with E-state index in [4.69, 9.17) is 5.26 Å². The van der Waals surface area contributed by atoms with Crippen molar-refractivity contribution in [3.63, 3.8) is 0 Å². The fourth-order valence-electron chi connectivity index (χ4n) is 2.94. The van der Waals surface area contributed by atoms with Gasteiger partial charge in [-0.05, 0) is 61.9 Å². The second-order valence-electron chi connectivity index (χ2n) is 6.46. The van der Waals surface area contributed by atoms with Crippen molar-refractivity contribution in [3.8, 4) is 6.07 Å². The number of pyridine rings is 1. The number of amides is 2. The Hall–Kier alpha value is -3.98. The SMILES string of the molecule is CCN(C(=O)c1cc(C(=O)Nc2cccc(C#N)c2)ccn1)c1cccc(C)c1. The molecule has 1 heterocycles. The number of nitrogens with one attached hydrogen (secondary N) is 1. The molecule has 0 aliphatic rings. The fourth-order valence-corrected chi connectivity index (χ4v) is 2.94. The molecule has 29 heavy (non-hydrogen) atoms. The molecule has 0 bridgehead atoms. The summed E-state index contributed by atoms with van der Waals surface area (Å²) in [5.41, 5.74) is 3.29. The predicted molar refractivity (Wildman–Crippen MR) is 112 cm³/mol. The molecule has 0 atom stereocenters. The number of carbonyl (C=O) groups is 2. The Morgan fingerprint density at radius 3 is 2.62 bits per heavy atom. The Labute approximate surface area is 169 Å². The average molecular weight is 384 g/mol. The molecule has 144 valence electrons. The predicted octanol–water partition coefficient (Wildman–Crippen LogP) is 4.18. The van der Waals surface area contributed by atoms with E-state index in [1.54, 1.807) is 35.2 Å². The van der Waals surface area contributed by atoms with Crippen molar-refractivity contribution in [3.05, 3.63) is 89.2 Å². The lowest BCUT2D eigenvalue weighted by atomic mass is 10.1. The Morgan fingerprint density at radius 2 is 1.90 bits per heavy atom. The zero-order chi connectivity index (χ0) is 20.8. The molecule has 0 fully saturated rings. The van der Waals surface area contributed by atoms with E-state index < -0.39 is 0 Å². The quantitative estimate of drug-likeness (QED) is 0.715. The van der Waals surface area contributed by atoms with Gasteiger partial charge in [-0.15, -0.1) is 0 Å². The Bertz CT molecular complexity index is 1100. The maximum Gasteiger partial charge on any atom is 0.276 e. The first kappa shape index (κ1) is 19.8. The van der Waals surface area contributed by atoms with Crippen LogP contribution in [-0.4, -0.2) is 23.3 Å². The lowest BCUT2D eigenvalue weighted by Gasteiger charge is -2.21. The summed E-state index contributed by atoms with van der Waals surface area (Å²) in [5, 5.41) is 11.7. The molecule has 0 spiro atoms. The lowest BCUT2D eigenvalue weighted by Crippen LogP contribution is -2.31. The van der Waals surface area contributed by atoms with Gasteiger partial charge in [-0.25, -0.2) is 0 Å². The highest BCUT2D eigenvalue weighted by Crippen LogP contribution is 2.19. The van der Waals surface area contributed by atoms with Crippen LogP contribution >= 0.6 is 0 Å². The summed E-state index contributed by atoms with van der Waals surface area (Å²) in [6.07, 6.45) is 1.44. The van der Waals surface area contributed by atoms with E-state index in [1.807, 2.05) is 44.2 Å². The van der Waals surface area contributed by atoms with Gasteiger partial charge in [0.1, 0.15) is 5.69 Å². The van der Waals surface area contributed by atoms with Crippen molar-refractivity contribution in [2.24, 2.45) is 0 Å². The van der Waals surface area contributed by atoms with E-state index in [0.29, 0.717) is 23.4 Å². The van der Waals surface area contributed by atoms with Crippen molar-refractivity contribution in [2.45, 2.75) is 13.8 Å². The fraction of sp³-hybridized carbons (Fsp3) is 0.130. The summed E-state index contributed by atoms with van der Waals surface area (Å²) >= 11 is 0. The average Bonchev–Trinajstić information content (AvgIpc) is 2.74. The monoisotopic (exact) mass is 384 g/mol. The van der Waals surface area contributed by atoms with Gasteiger partial charge in [-0.2, -0.15) is 5.26 Å². The first-order chi connectivity index (χ1) is 14.0. The minimum atomic E-state index is -0.379.